The van der Waals surface area contributed by atoms with Gasteiger partial charge in [-0.05, 0) is 55.1 Å². The van der Waals surface area contributed by atoms with Crippen LogP contribution in [0.1, 0.15) is 26.3 Å². The van der Waals surface area contributed by atoms with Crippen LogP contribution < -0.4 is 10.1 Å². The Bertz CT molecular complexity index is 366. The van der Waals surface area contributed by atoms with Gasteiger partial charge in [-0.15, -0.1) is 0 Å². The summed E-state index contributed by atoms with van der Waals surface area (Å²) < 4.78 is 18.5. The van der Waals surface area contributed by atoms with Crippen molar-refractivity contribution in [2.24, 2.45) is 11.8 Å². The molecule has 1 N–H and O–H groups in total. The maximum Gasteiger partial charge on any atom is 0.123 e. The van der Waals surface area contributed by atoms with Crippen LogP contribution in [0.3, 0.4) is 0 Å². The van der Waals surface area contributed by atoms with Gasteiger partial charge in [-0.25, -0.2) is 4.39 Å². The Morgan fingerprint density at radius 1 is 1.22 bits per heavy atom. The van der Waals surface area contributed by atoms with Gasteiger partial charge in [-0.1, -0.05) is 20.8 Å². The second-order valence-corrected chi connectivity index (χ2v) is 5.32. The van der Waals surface area contributed by atoms with E-state index in [1.807, 2.05) is 0 Å². The Morgan fingerprint density at radius 3 is 2.56 bits per heavy atom. The lowest BCUT2D eigenvalue weighted by Gasteiger charge is -2.16. The van der Waals surface area contributed by atoms with Gasteiger partial charge in [0.05, 0.1) is 7.11 Å². The van der Waals surface area contributed by atoms with Crippen molar-refractivity contribution in [1.82, 2.24) is 5.32 Å². The van der Waals surface area contributed by atoms with Gasteiger partial charge < -0.3 is 10.1 Å². The molecule has 1 unspecified atom stereocenters. The van der Waals surface area contributed by atoms with Crippen LogP contribution in [0.4, 0.5) is 4.39 Å². The Labute approximate surface area is 110 Å². The summed E-state index contributed by atoms with van der Waals surface area (Å²) in [6.45, 7) is 8.50. The number of rotatable bonds is 7. The van der Waals surface area contributed by atoms with Gasteiger partial charge in [0.15, 0.2) is 0 Å². The summed E-state index contributed by atoms with van der Waals surface area (Å²) in [5.74, 6) is 1.68. The third-order valence-electron chi connectivity index (χ3n) is 2.86. The van der Waals surface area contributed by atoms with Crippen LogP contribution in [0.15, 0.2) is 18.2 Å². The standard InChI is InChI=1S/C15H24FNO/c1-11(2)9-17-10-12(3)7-13-8-14(16)5-6-15(13)18-4/h5-6,8,11-12,17H,7,9-10H2,1-4H3. The van der Waals surface area contributed by atoms with Crippen LogP contribution in [0.2, 0.25) is 0 Å². The molecule has 0 saturated carbocycles. The summed E-state index contributed by atoms with van der Waals surface area (Å²) >= 11 is 0. The topological polar surface area (TPSA) is 21.3 Å². The Hall–Kier alpha value is -1.09. The molecule has 1 atom stereocenters. The number of halogens is 1. The zero-order valence-corrected chi connectivity index (χ0v) is 11.8. The Kier molecular flexibility index (Phi) is 6.13. The van der Waals surface area contributed by atoms with E-state index < -0.39 is 0 Å². The van der Waals surface area contributed by atoms with Crippen LogP contribution in [0.25, 0.3) is 0 Å². The highest BCUT2D eigenvalue weighted by molar-refractivity contribution is 5.34. The fraction of sp³-hybridized carbons (Fsp3) is 0.600. The molecule has 0 radical (unpaired) electrons. The molecule has 1 aromatic carbocycles. The van der Waals surface area contributed by atoms with Crippen LogP contribution in [-0.2, 0) is 6.42 Å². The summed E-state index contributed by atoms with van der Waals surface area (Å²) in [5.41, 5.74) is 0.941. The maximum absolute atomic E-state index is 13.2. The molecule has 102 valence electrons. The minimum Gasteiger partial charge on any atom is -0.496 e. The molecule has 0 saturated heterocycles. The number of benzene rings is 1. The van der Waals surface area contributed by atoms with E-state index in [9.17, 15) is 4.39 Å². The van der Waals surface area contributed by atoms with E-state index in [0.29, 0.717) is 11.8 Å². The molecular weight excluding hydrogens is 229 g/mol. The zero-order valence-electron chi connectivity index (χ0n) is 11.8. The van der Waals surface area contributed by atoms with Crippen molar-refractivity contribution >= 4 is 0 Å². The lowest BCUT2D eigenvalue weighted by atomic mass is 10.00. The van der Waals surface area contributed by atoms with E-state index >= 15 is 0 Å². The van der Waals surface area contributed by atoms with E-state index in [0.717, 1.165) is 30.8 Å². The molecule has 0 bridgehead atoms. The molecule has 1 aromatic rings. The van der Waals surface area contributed by atoms with Gasteiger partial charge in [0.1, 0.15) is 11.6 Å². The molecule has 0 aromatic heterocycles. The second-order valence-electron chi connectivity index (χ2n) is 5.32. The number of ether oxygens (including phenoxy) is 1. The third-order valence-corrected chi connectivity index (χ3v) is 2.86. The van der Waals surface area contributed by atoms with E-state index in [1.54, 1.807) is 19.2 Å². The summed E-state index contributed by atoms with van der Waals surface area (Å²) in [7, 11) is 1.62. The first kappa shape index (κ1) is 15.0. The Balaban J connectivity index is 2.52. The molecule has 0 amide bonds. The minimum atomic E-state index is -0.201. The first-order valence-electron chi connectivity index (χ1n) is 6.56. The van der Waals surface area contributed by atoms with E-state index in [-0.39, 0.29) is 5.82 Å². The lowest BCUT2D eigenvalue weighted by molar-refractivity contribution is 0.401. The summed E-state index contributed by atoms with van der Waals surface area (Å²) in [6.07, 6.45) is 0.825. The van der Waals surface area contributed by atoms with Crippen molar-refractivity contribution in [2.75, 3.05) is 20.2 Å². The van der Waals surface area contributed by atoms with Gasteiger partial charge >= 0.3 is 0 Å². The molecular formula is C15H24FNO. The third kappa shape index (κ3) is 5.05. The van der Waals surface area contributed by atoms with Gasteiger partial charge in [-0.3, -0.25) is 0 Å². The lowest BCUT2D eigenvalue weighted by Crippen LogP contribution is -2.26. The fourth-order valence-electron chi connectivity index (χ4n) is 1.97. The van der Waals surface area contributed by atoms with Crippen LogP contribution in [0.5, 0.6) is 5.75 Å². The highest BCUT2D eigenvalue weighted by Gasteiger charge is 2.09. The van der Waals surface area contributed by atoms with Crippen LogP contribution in [0, 0.1) is 17.7 Å². The second kappa shape index (κ2) is 7.37. The van der Waals surface area contributed by atoms with Crippen LogP contribution in [-0.4, -0.2) is 20.2 Å². The van der Waals surface area contributed by atoms with Crippen molar-refractivity contribution in [3.63, 3.8) is 0 Å². The highest BCUT2D eigenvalue weighted by Crippen LogP contribution is 2.22. The van der Waals surface area contributed by atoms with E-state index in [2.05, 4.69) is 26.1 Å². The first-order valence-corrected chi connectivity index (χ1v) is 6.56. The number of methoxy groups -OCH3 is 1. The fourth-order valence-corrected chi connectivity index (χ4v) is 1.97. The molecule has 3 heteroatoms. The molecule has 0 spiro atoms. The van der Waals surface area contributed by atoms with Gasteiger partial charge in [0.25, 0.3) is 0 Å². The monoisotopic (exact) mass is 253 g/mol. The average Bonchev–Trinajstić information content (AvgIpc) is 2.28. The molecule has 0 fully saturated rings. The molecule has 0 aliphatic carbocycles. The highest BCUT2D eigenvalue weighted by atomic mass is 19.1. The number of hydrogen-bond donors (Lipinski definition) is 1. The van der Waals surface area contributed by atoms with Crippen molar-refractivity contribution in [1.29, 1.82) is 0 Å². The quantitative estimate of drug-likeness (QED) is 0.805. The smallest absolute Gasteiger partial charge is 0.123 e. The first-order chi connectivity index (χ1) is 8.52. The summed E-state index contributed by atoms with van der Waals surface area (Å²) in [4.78, 5) is 0. The van der Waals surface area contributed by atoms with Crippen LogP contribution >= 0.6 is 0 Å². The van der Waals surface area contributed by atoms with Crippen molar-refractivity contribution in [3.05, 3.63) is 29.6 Å². The van der Waals surface area contributed by atoms with Crippen molar-refractivity contribution in [2.45, 2.75) is 27.2 Å². The number of nitrogens with one attached hydrogen (secondary N) is 1. The normalized spacial score (nSPS) is 12.8. The van der Waals surface area contributed by atoms with Crippen molar-refractivity contribution < 1.29 is 9.13 Å². The summed E-state index contributed by atoms with van der Waals surface area (Å²) in [5, 5.41) is 3.42. The maximum atomic E-state index is 13.2. The van der Waals surface area contributed by atoms with Crippen molar-refractivity contribution in [3.8, 4) is 5.75 Å². The van der Waals surface area contributed by atoms with E-state index in [1.165, 1.54) is 6.07 Å². The van der Waals surface area contributed by atoms with Gasteiger partial charge in [0, 0.05) is 0 Å². The van der Waals surface area contributed by atoms with Gasteiger partial charge in [0.2, 0.25) is 0 Å². The molecule has 0 heterocycles. The largest absolute Gasteiger partial charge is 0.496 e. The summed E-state index contributed by atoms with van der Waals surface area (Å²) in [6, 6.07) is 4.70. The molecule has 0 aliphatic rings. The SMILES string of the molecule is COc1ccc(F)cc1CC(C)CNCC(C)C. The molecule has 1 rings (SSSR count). The number of hydrogen-bond acceptors (Lipinski definition) is 2. The molecule has 2 nitrogen and oxygen atoms in total. The van der Waals surface area contributed by atoms with E-state index in [4.69, 9.17) is 4.74 Å². The average molecular weight is 253 g/mol. The Morgan fingerprint density at radius 2 is 1.94 bits per heavy atom. The predicted octanol–water partition coefficient (Wildman–Crippen LogP) is 3.26. The zero-order chi connectivity index (χ0) is 13.5. The van der Waals surface area contributed by atoms with Gasteiger partial charge in [-0.2, -0.15) is 0 Å². The molecule has 0 aliphatic heterocycles. The minimum absolute atomic E-state index is 0.201. The molecule has 18 heavy (non-hydrogen) atoms. The predicted molar refractivity (Wildman–Crippen MR) is 73.5 cm³/mol.